The molecule has 0 aliphatic rings. The molecule has 0 saturated carbocycles. The van der Waals surface area contributed by atoms with Crippen molar-refractivity contribution >= 4 is 6.09 Å². The summed E-state index contributed by atoms with van der Waals surface area (Å²) in [6.07, 6.45) is 0.502. The predicted molar refractivity (Wildman–Crippen MR) is 86.3 cm³/mol. The first-order valence-electron chi connectivity index (χ1n) is 7.56. The Bertz CT molecular complexity index is 426. The second-order valence-electron chi connectivity index (χ2n) is 6.42. The second-order valence-corrected chi connectivity index (χ2v) is 6.42. The van der Waals surface area contributed by atoms with Crippen molar-refractivity contribution in [2.45, 2.75) is 58.7 Å². The quantitative estimate of drug-likeness (QED) is 0.841. The van der Waals surface area contributed by atoms with Crippen molar-refractivity contribution in [1.29, 1.82) is 0 Å². The van der Waals surface area contributed by atoms with Crippen LogP contribution in [0, 0.1) is 0 Å². The van der Waals surface area contributed by atoms with Gasteiger partial charge in [-0.3, -0.25) is 0 Å². The third-order valence-corrected chi connectivity index (χ3v) is 3.09. The predicted octanol–water partition coefficient (Wildman–Crippen LogP) is 3.64. The molecule has 2 unspecified atom stereocenters. The summed E-state index contributed by atoms with van der Waals surface area (Å²) >= 11 is 0. The highest BCUT2D eigenvalue weighted by molar-refractivity contribution is 5.67. The fraction of sp³-hybridized carbons (Fsp3) is 0.588. The van der Waals surface area contributed by atoms with E-state index in [-0.39, 0.29) is 12.1 Å². The second kappa shape index (κ2) is 8.03. The Morgan fingerprint density at radius 1 is 1.19 bits per heavy atom. The van der Waals surface area contributed by atoms with Gasteiger partial charge in [0.15, 0.2) is 0 Å². The third kappa shape index (κ3) is 7.71. The van der Waals surface area contributed by atoms with Gasteiger partial charge in [0.1, 0.15) is 5.60 Å². The molecule has 0 aromatic heterocycles. The maximum absolute atomic E-state index is 11.6. The van der Waals surface area contributed by atoms with Crippen LogP contribution in [0.4, 0.5) is 4.79 Å². The lowest BCUT2D eigenvalue weighted by molar-refractivity contribution is 0.0506. The molecule has 118 valence electrons. The molecule has 1 aromatic rings. The van der Waals surface area contributed by atoms with E-state index in [1.807, 2.05) is 45.9 Å². The van der Waals surface area contributed by atoms with Crippen LogP contribution in [0.25, 0.3) is 0 Å². The average Bonchev–Trinajstić information content (AvgIpc) is 2.37. The number of rotatable bonds is 6. The minimum atomic E-state index is -0.454. The molecule has 1 amide bonds. The molecule has 0 radical (unpaired) electrons. The summed E-state index contributed by atoms with van der Waals surface area (Å²) in [5.41, 5.74) is 0.814. The summed E-state index contributed by atoms with van der Waals surface area (Å²) in [5, 5.41) is 6.31. The summed E-state index contributed by atoms with van der Waals surface area (Å²) < 4.78 is 5.23. The summed E-state index contributed by atoms with van der Waals surface area (Å²) in [5.74, 6) is 0. The highest BCUT2D eigenvalue weighted by atomic mass is 16.6. The smallest absolute Gasteiger partial charge is 0.407 e. The first-order valence-corrected chi connectivity index (χ1v) is 7.56. The molecular formula is C17H28N2O2. The lowest BCUT2D eigenvalue weighted by Gasteiger charge is -2.22. The number of carbonyl (C=O) groups excluding carboxylic acids is 1. The molecule has 0 fully saturated rings. The van der Waals surface area contributed by atoms with Crippen molar-refractivity contribution in [3.05, 3.63) is 35.9 Å². The number of nitrogens with one attached hydrogen (secondary N) is 2. The van der Waals surface area contributed by atoms with Gasteiger partial charge in [-0.25, -0.2) is 4.79 Å². The number of hydrogen-bond acceptors (Lipinski definition) is 3. The largest absolute Gasteiger partial charge is 0.444 e. The number of hydrogen-bond donors (Lipinski definition) is 2. The molecule has 4 heteroatoms. The molecule has 1 rings (SSSR count). The van der Waals surface area contributed by atoms with E-state index in [2.05, 4.69) is 29.7 Å². The number of carbonyl (C=O) groups is 1. The van der Waals surface area contributed by atoms with Crippen molar-refractivity contribution in [1.82, 2.24) is 10.6 Å². The zero-order valence-electron chi connectivity index (χ0n) is 13.8. The Morgan fingerprint density at radius 3 is 2.38 bits per heavy atom. The van der Waals surface area contributed by atoms with Crippen LogP contribution >= 0.6 is 0 Å². The van der Waals surface area contributed by atoms with Gasteiger partial charge in [0.2, 0.25) is 0 Å². The van der Waals surface area contributed by atoms with Gasteiger partial charge in [0, 0.05) is 12.1 Å². The lowest BCUT2D eigenvalue weighted by atomic mass is 10.1. The lowest BCUT2D eigenvalue weighted by Crippen LogP contribution is -2.39. The monoisotopic (exact) mass is 292 g/mol. The molecule has 4 nitrogen and oxygen atoms in total. The Hall–Kier alpha value is -1.55. The third-order valence-electron chi connectivity index (χ3n) is 3.09. The molecule has 0 aliphatic carbocycles. The topological polar surface area (TPSA) is 50.4 Å². The number of ether oxygens (including phenoxy) is 1. The van der Waals surface area contributed by atoms with Gasteiger partial charge in [-0.1, -0.05) is 30.3 Å². The highest BCUT2D eigenvalue weighted by Gasteiger charge is 2.17. The molecule has 0 heterocycles. The summed E-state index contributed by atoms with van der Waals surface area (Å²) in [4.78, 5) is 11.6. The van der Waals surface area contributed by atoms with Crippen molar-refractivity contribution in [3.63, 3.8) is 0 Å². The fourth-order valence-electron chi connectivity index (χ4n) is 1.96. The van der Waals surface area contributed by atoms with Crippen molar-refractivity contribution in [3.8, 4) is 0 Å². The number of amides is 1. The summed E-state index contributed by atoms with van der Waals surface area (Å²) in [6, 6.07) is 10.7. The molecule has 2 atom stereocenters. The molecule has 0 aliphatic heterocycles. The minimum absolute atomic E-state index is 0.0790. The van der Waals surface area contributed by atoms with Crippen molar-refractivity contribution in [2.75, 3.05) is 6.54 Å². The Morgan fingerprint density at radius 2 is 1.81 bits per heavy atom. The maximum atomic E-state index is 11.6. The molecule has 0 saturated heterocycles. The summed E-state index contributed by atoms with van der Waals surface area (Å²) in [7, 11) is 0. The van der Waals surface area contributed by atoms with Gasteiger partial charge in [-0.2, -0.15) is 0 Å². The summed E-state index contributed by atoms with van der Waals surface area (Å²) in [6.45, 7) is 10.5. The van der Waals surface area contributed by atoms with Crippen LogP contribution < -0.4 is 10.6 Å². The molecule has 0 spiro atoms. The SMILES string of the molecule is CC(CCNC(C)c1ccccc1)NC(=O)OC(C)(C)C. The van der Waals surface area contributed by atoms with Gasteiger partial charge >= 0.3 is 6.09 Å². The van der Waals surface area contributed by atoms with Crippen molar-refractivity contribution in [2.24, 2.45) is 0 Å². The standard InChI is InChI=1S/C17H28N2O2/c1-13(19-16(20)21-17(3,4)5)11-12-18-14(2)15-9-7-6-8-10-15/h6-10,13-14,18H,11-12H2,1-5H3,(H,19,20). The van der Waals surface area contributed by atoms with Gasteiger partial charge < -0.3 is 15.4 Å². The van der Waals surface area contributed by atoms with E-state index in [0.717, 1.165) is 13.0 Å². The molecule has 2 N–H and O–H groups in total. The van der Waals surface area contributed by atoms with Gasteiger partial charge in [-0.15, -0.1) is 0 Å². The highest BCUT2D eigenvalue weighted by Crippen LogP contribution is 2.11. The molecule has 0 bridgehead atoms. The van der Waals surface area contributed by atoms with Gasteiger partial charge in [0.25, 0.3) is 0 Å². The molecule has 21 heavy (non-hydrogen) atoms. The molecule has 1 aromatic carbocycles. The normalized spacial score (nSPS) is 14.3. The van der Waals surface area contributed by atoms with E-state index in [1.54, 1.807) is 0 Å². The average molecular weight is 292 g/mol. The van der Waals surface area contributed by atoms with Gasteiger partial charge in [0.05, 0.1) is 0 Å². The van der Waals surface area contributed by atoms with Crippen LogP contribution in [0.2, 0.25) is 0 Å². The fourth-order valence-corrected chi connectivity index (χ4v) is 1.96. The van der Waals surface area contributed by atoms with Crippen LogP contribution in [-0.2, 0) is 4.74 Å². The van der Waals surface area contributed by atoms with E-state index >= 15 is 0 Å². The van der Waals surface area contributed by atoms with Crippen molar-refractivity contribution < 1.29 is 9.53 Å². The Labute approximate surface area is 128 Å². The van der Waals surface area contributed by atoms with E-state index < -0.39 is 5.60 Å². The van der Waals surface area contributed by atoms with Gasteiger partial charge in [-0.05, 0) is 53.1 Å². The van der Waals surface area contributed by atoms with Crippen LogP contribution in [-0.4, -0.2) is 24.3 Å². The van der Waals surface area contributed by atoms with E-state index in [0.29, 0.717) is 6.04 Å². The first-order chi connectivity index (χ1) is 9.78. The zero-order chi connectivity index (χ0) is 15.9. The number of benzene rings is 1. The minimum Gasteiger partial charge on any atom is -0.444 e. The number of alkyl carbamates (subject to hydrolysis) is 1. The van der Waals surface area contributed by atoms with E-state index in [4.69, 9.17) is 4.74 Å². The van der Waals surface area contributed by atoms with E-state index in [1.165, 1.54) is 5.56 Å². The van der Waals surface area contributed by atoms with Crippen LogP contribution in [0.1, 0.15) is 52.6 Å². The maximum Gasteiger partial charge on any atom is 0.407 e. The Kier molecular flexibility index (Phi) is 6.69. The Balaban J connectivity index is 2.24. The van der Waals surface area contributed by atoms with Crippen LogP contribution in [0.5, 0.6) is 0 Å². The van der Waals surface area contributed by atoms with Crippen LogP contribution in [0.15, 0.2) is 30.3 Å². The first kappa shape index (κ1) is 17.5. The molecular weight excluding hydrogens is 264 g/mol. The van der Waals surface area contributed by atoms with Crippen LogP contribution in [0.3, 0.4) is 0 Å². The van der Waals surface area contributed by atoms with E-state index in [9.17, 15) is 4.79 Å². The zero-order valence-corrected chi connectivity index (χ0v) is 13.8.